The van der Waals surface area contributed by atoms with Gasteiger partial charge < -0.3 is 15.3 Å². The smallest absolute Gasteiger partial charge is 0.339 e. The van der Waals surface area contributed by atoms with Crippen LogP contribution in [-0.4, -0.2) is 44.7 Å². The van der Waals surface area contributed by atoms with Crippen LogP contribution in [0.2, 0.25) is 0 Å². The molecule has 9 nitrogen and oxygen atoms in total. The van der Waals surface area contributed by atoms with Gasteiger partial charge in [0.25, 0.3) is 0 Å². The highest BCUT2D eigenvalue weighted by Crippen LogP contribution is 2.64. The van der Waals surface area contributed by atoms with Gasteiger partial charge in [-0.25, -0.2) is 9.69 Å². The quantitative estimate of drug-likeness (QED) is 0.168. The van der Waals surface area contributed by atoms with Crippen LogP contribution in [0.15, 0.2) is 115 Å². The van der Waals surface area contributed by atoms with Crippen molar-refractivity contribution >= 4 is 40.6 Å². The number of nitrogens with zero attached hydrogens (tertiary/aromatic N) is 1. The number of para-hydroxylation sites is 1. The van der Waals surface area contributed by atoms with Gasteiger partial charge >= 0.3 is 5.97 Å². The second-order valence-corrected chi connectivity index (χ2v) is 13.8. The number of carboxylic acid groups (broad SMARTS) is 1. The van der Waals surface area contributed by atoms with Gasteiger partial charge in [0.15, 0.2) is 11.6 Å². The molecule has 3 N–H and O–H groups in total. The van der Waals surface area contributed by atoms with Crippen molar-refractivity contribution in [2.45, 2.75) is 31.1 Å². The molecule has 9 heteroatoms. The standard InChI is InChI=1S/C42H33NO8/c1-22-9-8-14-29(37(22)46)36-26-17-18-28-35(40(49)43(39(28)48)25-15-16-27(41(50)51)33(44)19-25)31(26)20-32-38(47)30(23-10-4-2-5-11-23)21-34(45)42(32,36)24-12-6-3-7-13-24/h2-17,19,21,28,31-32,35-36,44,46H,18,20H2,1H3,(H,50,51)/t28-,31+,32-,35-,36+,42-/m0/s1. The molecule has 1 heterocycles. The zero-order valence-electron chi connectivity index (χ0n) is 27.5. The minimum atomic E-state index is -1.47. The Morgan fingerprint density at radius 3 is 2.22 bits per heavy atom. The first kappa shape index (κ1) is 32.1. The number of phenolic OH excluding ortho intramolecular Hbond substituents is 1. The predicted molar refractivity (Wildman–Crippen MR) is 187 cm³/mol. The second kappa shape index (κ2) is 11.8. The van der Waals surface area contributed by atoms with Crippen molar-refractivity contribution in [3.05, 3.63) is 143 Å². The molecule has 0 radical (unpaired) electrons. The molecule has 2 amide bonds. The number of hydrogen-bond donors (Lipinski definition) is 3. The zero-order chi connectivity index (χ0) is 35.8. The van der Waals surface area contributed by atoms with E-state index >= 15 is 4.79 Å². The number of fused-ring (bicyclic) bond motifs is 4. The van der Waals surface area contributed by atoms with E-state index in [1.54, 1.807) is 49.4 Å². The Kier molecular flexibility index (Phi) is 7.41. The molecule has 1 saturated carbocycles. The van der Waals surface area contributed by atoms with Gasteiger partial charge in [-0.05, 0) is 60.6 Å². The number of rotatable bonds is 5. The molecule has 4 aliphatic rings. The number of phenols is 2. The van der Waals surface area contributed by atoms with Crippen LogP contribution in [0.5, 0.6) is 11.5 Å². The molecule has 3 aliphatic carbocycles. The van der Waals surface area contributed by atoms with Crippen molar-refractivity contribution in [2.24, 2.45) is 23.7 Å². The number of aromatic hydroxyl groups is 2. The summed E-state index contributed by atoms with van der Waals surface area (Å²) in [6, 6.07) is 27.0. The minimum Gasteiger partial charge on any atom is -0.507 e. The van der Waals surface area contributed by atoms with Gasteiger partial charge in [-0.3, -0.25) is 19.2 Å². The first-order valence-electron chi connectivity index (χ1n) is 16.9. The fourth-order valence-corrected chi connectivity index (χ4v) is 9.23. The number of ketones is 2. The van der Waals surface area contributed by atoms with Crippen molar-refractivity contribution in [1.82, 2.24) is 0 Å². The number of carbonyl (C=O) groups excluding carboxylic acids is 4. The Bertz CT molecular complexity index is 2240. The number of amides is 2. The number of aryl methyl sites for hydroxylation is 1. The lowest BCUT2D eigenvalue weighted by Gasteiger charge is -2.55. The van der Waals surface area contributed by atoms with Crippen molar-refractivity contribution < 1.29 is 39.3 Å². The molecule has 0 aromatic heterocycles. The van der Waals surface area contributed by atoms with Gasteiger partial charge in [0.05, 0.1) is 22.9 Å². The number of hydrogen-bond acceptors (Lipinski definition) is 7. The lowest BCUT2D eigenvalue weighted by atomic mass is 9.44. The number of anilines is 1. The number of imide groups is 1. The number of carboxylic acids is 1. The molecule has 8 rings (SSSR count). The van der Waals surface area contributed by atoms with Crippen LogP contribution >= 0.6 is 0 Å². The number of allylic oxidation sites excluding steroid dienone is 4. The highest BCUT2D eigenvalue weighted by atomic mass is 16.4. The number of benzene rings is 4. The van der Waals surface area contributed by atoms with Crippen LogP contribution in [0, 0.1) is 30.6 Å². The van der Waals surface area contributed by atoms with E-state index in [0.29, 0.717) is 27.8 Å². The van der Waals surface area contributed by atoms with E-state index in [1.165, 1.54) is 12.1 Å². The Morgan fingerprint density at radius 1 is 0.824 bits per heavy atom. The van der Waals surface area contributed by atoms with Gasteiger partial charge in [0.2, 0.25) is 11.8 Å². The zero-order valence-corrected chi connectivity index (χ0v) is 27.5. The van der Waals surface area contributed by atoms with E-state index in [2.05, 4.69) is 0 Å². The third-order valence-electron chi connectivity index (χ3n) is 11.4. The molecule has 0 unspecified atom stereocenters. The number of carbonyl (C=O) groups is 5. The lowest BCUT2D eigenvalue weighted by molar-refractivity contribution is -0.135. The summed E-state index contributed by atoms with van der Waals surface area (Å²) in [5.74, 6) is -7.69. The summed E-state index contributed by atoms with van der Waals surface area (Å²) >= 11 is 0. The Labute approximate surface area is 293 Å². The summed E-state index contributed by atoms with van der Waals surface area (Å²) in [4.78, 5) is 71.2. The summed E-state index contributed by atoms with van der Waals surface area (Å²) in [6.07, 6.45) is 3.61. The normalized spacial score (nSPS) is 26.9. The summed E-state index contributed by atoms with van der Waals surface area (Å²) < 4.78 is 0. The van der Waals surface area contributed by atoms with Crippen molar-refractivity contribution in [2.75, 3.05) is 4.90 Å². The van der Waals surface area contributed by atoms with Crippen molar-refractivity contribution in [1.29, 1.82) is 0 Å². The van der Waals surface area contributed by atoms with Gasteiger partial charge in [-0.15, -0.1) is 0 Å². The van der Waals surface area contributed by atoms with E-state index < -0.39 is 58.5 Å². The summed E-state index contributed by atoms with van der Waals surface area (Å²) in [5.41, 5.74) is 1.44. The van der Waals surface area contributed by atoms with Crippen LogP contribution in [0.25, 0.3) is 5.57 Å². The molecule has 0 spiro atoms. The van der Waals surface area contributed by atoms with Crippen LogP contribution in [-0.2, 0) is 24.6 Å². The topological polar surface area (TPSA) is 149 Å². The summed E-state index contributed by atoms with van der Waals surface area (Å²) in [6.45, 7) is 1.76. The number of aromatic carboxylic acids is 1. The third-order valence-corrected chi connectivity index (χ3v) is 11.4. The first-order chi connectivity index (χ1) is 24.5. The van der Waals surface area contributed by atoms with E-state index in [-0.39, 0.29) is 47.0 Å². The van der Waals surface area contributed by atoms with Gasteiger partial charge in [-0.2, -0.15) is 0 Å². The third kappa shape index (κ3) is 4.57. The molecule has 0 bridgehead atoms. The largest absolute Gasteiger partial charge is 0.507 e. The maximum absolute atomic E-state index is 15.1. The monoisotopic (exact) mass is 679 g/mol. The molecule has 4 aromatic carbocycles. The van der Waals surface area contributed by atoms with Gasteiger partial charge in [0, 0.05) is 29.0 Å². The van der Waals surface area contributed by atoms with Crippen LogP contribution < -0.4 is 4.90 Å². The fourth-order valence-electron chi connectivity index (χ4n) is 9.23. The highest BCUT2D eigenvalue weighted by molar-refractivity contribution is 6.32. The molecule has 51 heavy (non-hydrogen) atoms. The first-order valence-corrected chi connectivity index (χ1v) is 16.9. The molecule has 4 aromatic rings. The van der Waals surface area contributed by atoms with E-state index in [9.17, 15) is 34.5 Å². The van der Waals surface area contributed by atoms with E-state index in [4.69, 9.17) is 0 Å². The van der Waals surface area contributed by atoms with E-state index in [1.807, 2.05) is 42.5 Å². The van der Waals surface area contributed by atoms with Crippen molar-refractivity contribution in [3.63, 3.8) is 0 Å². The van der Waals surface area contributed by atoms with E-state index in [0.717, 1.165) is 17.0 Å². The SMILES string of the molecule is Cc1cccc([C@H]2C3=CC[C@@H]4C(=O)N(c5ccc(C(=O)O)c(O)c5)C(=O)[C@@H]4[C@@H]3C[C@H]3C(=O)C(c4ccccc4)=CC(=O)[C@@]23c2ccccc2)c1O. The summed E-state index contributed by atoms with van der Waals surface area (Å²) in [5, 5.41) is 31.6. The number of Topliss-reactive ketones (excluding diaryl/α,β-unsaturated/α-hetero) is 1. The summed E-state index contributed by atoms with van der Waals surface area (Å²) in [7, 11) is 0. The molecule has 1 aliphatic heterocycles. The second-order valence-electron chi connectivity index (χ2n) is 13.8. The molecule has 2 fully saturated rings. The average molecular weight is 680 g/mol. The Morgan fingerprint density at radius 2 is 1.53 bits per heavy atom. The average Bonchev–Trinajstić information content (AvgIpc) is 3.39. The maximum Gasteiger partial charge on any atom is 0.339 e. The molecule has 254 valence electrons. The minimum absolute atomic E-state index is 0.0113. The Balaban J connectivity index is 1.34. The van der Waals surface area contributed by atoms with Crippen molar-refractivity contribution in [3.8, 4) is 11.5 Å². The highest BCUT2D eigenvalue weighted by Gasteiger charge is 2.66. The molecular weight excluding hydrogens is 646 g/mol. The molecular formula is C42H33NO8. The lowest BCUT2D eigenvalue weighted by Crippen LogP contribution is -2.58. The predicted octanol–water partition coefficient (Wildman–Crippen LogP) is 6.13. The van der Waals surface area contributed by atoms with Crippen LogP contribution in [0.1, 0.15) is 51.4 Å². The molecule has 1 saturated heterocycles. The Hall–Kier alpha value is -6.09. The van der Waals surface area contributed by atoms with Gasteiger partial charge in [-0.1, -0.05) is 90.5 Å². The van der Waals surface area contributed by atoms with Gasteiger partial charge in [0.1, 0.15) is 17.1 Å². The van der Waals surface area contributed by atoms with Crippen LogP contribution in [0.3, 0.4) is 0 Å². The maximum atomic E-state index is 15.1. The van der Waals surface area contributed by atoms with Crippen LogP contribution in [0.4, 0.5) is 5.69 Å². The fraction of sp³-hybridized carbons (Fsp3) is 0.214. The molecule has 6 atom stereocenters.